The summed E-state index contributed by atoms with van der Waals surface area (Å²) in [7, 11) is 0. The van der Waals surface area contributed by atoms with Gasteiger partial charge in [0.25, 0.3) is 0 Å². The number of hydrogen-bond acceptors (Lipinski definition) is 3. The third kappa shape index (κ3) is 3.83. The molecule has 0 spiro atoms. The highest BCUT2D eigenvalue weighted by molar-refractivity contribution is 5.19. The van der Waals surface area contributed by atoms with Crippen LogP contribution >= 0.6 is 0 Å². The van der Waals surface area contributed by atoms with E-state index in [4.69, 9.17) is 17.2 Å². The van der Waals surface area contributed by atoms with Gasteiger partial charge in [0.15, 0.2) is 0 Å². The van der Waals surface area contributed by atoms with Crippen LogP contribution in [0.4, 0.5) is 0 Å². The smallest absolute Gasteiger partial charge is 0.0936 e. The zero-order chi connectivity index (χ0) is 7.98. The minimum absolute atomic E-state index is 0.310. The number of hydrogen-bond donors (Lipinski definition) is 3. The molecule has 10 heavy (non-hydrogen) atoms. The zero-order valence-corrected chi connectivity index (χ0v) is 6.30. The van der Waals surface area contributed by atoms with Gasteiger partial charge in [0.05, 0.1) is 5.82 Å². The Hall–Kier alpha value is -1.12. The molecule has 0 aliphatic heterocycles. The maximum absolute atomic E-state index is 5.29. The second kappa shape index (κ2) is 4.73. The van der Waals surface area contributed by atoms with E-state index in [2.05, 4.69) is 6.92 Å². The summed E-state index contributed by atoms with van der Waals surface area (Å²) in [5.41, 5.74) is 16.8. The Balaban J connectivity index is 3.98. The summed E-state index contributed by atoms with van der Waals surface area (Å²) in [4.78, 5) is 0. The minimum atomic E-state index is 0.310. The Morgan fingerprint density at radius 3 is 2.30 bits per heavy atom. The van der Waals surface area contributed by atoms with Gasteiger partial charge < -0.3 is 17.2 Å². The zero-order valence-electron chi connectivity index (χ0n) is 6.30. The molecule has 58 valence electrons. The SMILES string of the molecule is CCCC(C=C(N)N)=CN. The summed E-state index contributed by atoms with van der Waals surface area (Å²) in [6.07, 6.45) is 5.19. The first-order valence-electron chi connectivity index (χ1n) is 3.34. The van der Waals surface area contributed by atoms with E-state index >= 15 is 0 Å². The largest absolute Gasteiger partial charge is 0.404 e. The van der Waals surface area contributed by atoms with Gasteiger partial charge in [0, 0.05) is 0 Å². The molecule has 0 aromatic carbocycles. The summed E-state index contributed by atoms with van der Waals surface area (Å²) in [5.74, 6) is 0.310. The lowest BCUT2D eigenvalue weighted by atomic mass is 10.1. The predicted molar refractivity (Wildman–Crippen MR) is 43.6 cm³/mol. The van der Waals surface area contributed by atoms with Crippen molar-refractivity contribution in [1.29, 1.82) is 0 Å². The van der Waals surface area contributed by atoms with Crippen LogP contribution in [-0.4, -0.2) is 0 Å². The van der Waals surface area contributed by atoms with Crippen LogP contribution in [-0.2, 0) is 0 Å². The van der Waals surface area contributed by atoms with Crippen LogP contribution in [0.3, 0.4) is 0 Å². The molecule has 0 saturated carbocycles. The van der Waals surface area contributed by atoms with Gasteiger partial charge in [-0.2, -0.15) is 0 Å². The van der Waals surface area contributed by atoms with Gasteiger partial charge in [-0.15, -0.1) is 0 Å². The van der Waals surface area contributed by atoms with Crippen molar-refractivity contribution < 1.29 is 0 Å². The molecule has 0 rings (SSSR count). The Labute approximate surface area is 61.6 Å². The summed E-state index contributed by atoms with van der Waals surface area (Å²) in [6, 6.07) is 0. The van der Waals surface area contributed by atoms with Gasteiger partial charge in [-0.3, -0.25) is 0 Å². The van der Waals surface area contributed by atoms with Crippen LogP contribution in [0, 0.1) is 0 Å². The lowest BCUT2D eigenvalue weighted by Gasteiger charge is -1.97. The molecule has 0 aliphatic carbocycles. The molecule has 0 atom stereocenters. The van der Waals surface area contributed by atoms with Gasteiger partial charge >= 0.3 is 0 Å². The Bertz CT molecular complexity index is 143. The molecule has 0 radical (unpaired) electrons. The van der Waals surface area contributed by atoms with Crippen molar-refractivity contribution in [2.45, 2.75) is 19.8 Å². The number of rotatable bonds is 3. The molecular formula is C7H15N3. The molecule has 6 N–H and O–H groups in total. The van der Waals surface area contributed by atoms with Crippen molar-refractivity contribution in [3.8, 4) is 0 Å². The summed E-state index contributed by atoms with van der Waals surface area (Å²) in [6.45, 7) is 2.07. The Kier molecular flexibility index (Phi) is 4.20. The van der Waals surface area contributed by atoms with Crippen LogP contribution in [0.25, 0.3) is 0 Å². The van der Waals surface area contributed by atoms with E-state index in [0.717, 1.165) is 18.4 Å². The van der Waals surface area contributed by atoms with Crippen LogP contribution in [0.5, 0.6) is 0 Å². The summed E-state index contributed by atoms with van der Waals surface area (Å²) in [5, 5.41) is 0. The maximum Gasteiger partial charge on any atom is 0.0936 e. The molecule has 0 aromatic rings. The quantitative estimate of drug-likeness (QED) is 0.497. The van der Waals surface area contributed by atoms with E-state index in [1.165, 1.54) is 6.20 Å². The van der Waals surface area contributed by atoms with Gasteiger partial charge in [-0.25, -0.2) is 0 Å². The summed E-state index contributed by atoms with van der Waals surface area (Å²) >= 11 is 0. The molecule has 0 aromatic heterocycles. The second-order valence-corrected chi connectivity index (χ2v) is 2.14. The molecule has 0 heterocycles. The fraction of sp³-hybridized carbons (Fsp3) is 0.429. The molecular weight excluding hydrogens is 126 g/mol. The molecule has 3 nitrogen and oxygen atoms in total. The first-order chi connectivity index (χ1) is 4.70. The highest BCUT2D eigenvalue weighted by Crippen LogP contribution is 2.03. The van der Waals surface area contributed by atoms with E-state index in [-0.39, 0.29) is 0 Å². The van der Waals surface area contributed by atoms with Crippen LogP contribution in [0.2, 0.25) is 0 Å². The van der Waals surface area contributed by atoms with Crippen molar-refractivity contribution in [2.24, 2.45) is 17.2 Å². The topological polar surface area (TPSA) is 78.1 Å². The molecule has 0 saturated heterocycles. The highest BCUT2D eigenvalue weighted by Gasteiger charge is 1.89. The van der Waals surface area contributed by atoms with Crippen LogP contribution in [0.15, 0.2) is 23.7 Å². The van der Waals surface area contributed by atoms with Gasteiger partial charge in [0.1, 0.15) is 0 Å². The Morgan fingerprint density at radius 1 is 1.40 bits per heavy atom. The van der Waals surface area contributed by atoms with Crippen molar-refractivity contribution >= 4 is 0 Å². The molecule has 0 aliphatic rings. The molecule has 0 unspecified atom stereocenters. The van der Waals surface area contributed by atoms with E-state index in [0.29, 0.717) is 5.82 Å². The van der Waals surface area contributed by atoms with Crippen molar-refractivity contribution in [1.82, 2.24) is 0 Å². The van der Waals surface area contributed by atoms with Crippen LogP contribution < -0.4 is 17.2 Å². The fourth-order valence-corrected chi connectivity index (χ4v) is 0.706. The standard InChI is InChI=1S/C7H15N3/c1-2-3-6(5-8)4-7(9)10/h4-5H,2-3,8-10H2,1H3. The van der Waals surface area contributed by atoms with Gasteiger partial charge in [0.2, 0.25) is 0 Å². The third-order valence-corrected chi connectivity index (χ3v) is 1.10. The normalized spacial score (nSPS) is 11.1. The van der Waals surface area contributed by atoms with Crippen LogP contribution in [0.1, 0.15) is 19.8 Å². The number of allylic oxidation sites excluding steroid dienone is 2. The first-order valence-corrected chi connectivity index (χ1v) is 3.34. The molecule has 3 heteroatoms. The second-order valence-electron chi connectivity index (χ2n) is 2.14. The van der Waals surface area contributed by atoms with Gasteiger partial charge in [-0.05, 0) is 24.3 Å². The first kappa shape index (κ1) is 8.88. The lowest BCUT2D eigenvalue weighted by molar-refractivity contribution is 0.918. The number of nitrogens with two attached hydrogens (primary N) is 3. The molecule has 0 bridgehead atoms. The van der Waals surface area contributed by atoms with E-state index in [1.807, 2.05) is 0 Å². The summed E-state index contributed by atoms with van der Waals surface area (Å²) < 4.78 is 0. The predicted octanol–water partition coefficient (Wildman–Crippen LogP) is 0.388. The Morgan fingerprint density at radius 2 is 2.00 bits per heavy atom. The molecule has 0 amide bonds. The maximum atomic E-state index is 5.29. The lowest BCUT2D eigenvalue weighted by Crippen LogP contribution is -2.08. The van der Waals surface area contributed by atoms with Crippen molar-refractivity contribution in [3.63, 3.8) is 0 Å². The molecule has 0 fully saturated rings. The average Bonchev–Trinajstić information content (AvgIpc) is 1.86. The highest BCUT2D eigenvalue weighted by atomic mass is 14.8. The minimum Gasteiger partial charge on any atom is -0.404 e. The van der Waals surface area contributed by atoms with E-state index in [9.17, 15) is 0 Å². The van der Waals surface area contributed by atoms with Gasteiger partial charge in [-0.1, -0.05) is 13.3 Å². The van der Waals surface area contributed by atoms with Crippen molar-refractivity contribution in [2.75, 3.05) is 0 Å². The average molecular weight is 141 g/mol. The van der Waals surface area contributed by atoms with E-state index in [1.54, 1.807) is 6.08 Å². The monoisotopic (exact) mass is 141 g/mol. The third-order valence-electron chi connectivity index (χ3n) is 1.10. The fourth-order valence-electron chi connectivity index (χ4n) is 0.706. The van der Waals surface area contributed by atoms with Crippen molar-refractivity contribution in [3.05, 3.63) is 23.7 Å². The van der Waals surface area contributed by atoms with E-state index < -0.39 is 0 Å².